The van der Waals surface area contributed by atoms with Crippen LogP contribution in [0.25, 0.3) is 0 Å². The molecule has 0 heterocycles. The highest BCUT2D eigenvalue weighted by atomic mass is 16.6. The van der Waals surface area contributed by atoms with Gasteiger partial charge in [-0.3, -0.25) is 0 Å². The highest BCUT2D eigenvalue weighted by molar-refractivity contribution is 5.76. The highest BCUT2D eigenvalue weighted by Crippen LogP contribution is 2.19. The molecule has 1 aromatic carbocycles. The van der Waals surface area contributed by atoms with Crippen LogP contribution in [0.15, 0.2) is 43.0 Å². The molecule has 0 aliphatic rings. The van der Waals surface area contributed by atoms with Gasteiger partial charge in [0.15, 0.2) is 6.10 Å². The molecule has 0 aliphatic carbocycles. The van der Waals surface area contributed by atoms with Crippen molar-refractivity contribution in [2.75, 3.05) is 13.2 Å². The van der Waals surface area contributed by atoms with Crippen molar-refractivity contribution in [2.24, 2.45) is 0 Å². The van der Waals surface area contributed by atoms with E-state index in [0.29, 0.717) is 19.6 Å². The summed E-state index contributed by atoms with van der Waals surface area (Å²) in [5.41, 5.74) is 0.815. The van der Waals surface area contributed by atoms with Crippen LogP contribution < -0.4 is 0 Å². The topological polar surface area (TPSA) is 35.5 Å². The zero-order valence-corrected chi connectivity index (χ0v) is 10.1. The van der Waals surface area contributed by atoms with Gasteiger partial charge in [-0.2, -0.15) is 0 Å². The quantitative estimate of drug-likeness (QED) is 0.413. The first-order chi connectivity index (χ1) is 8.29. The van der Waals surface area contributed by atoms with E-state index in [4.69, 9.17) is 9.47 Å². The molecule has 1 atom stereocenters. The Kier molecular flexibility index (Phi) is 6.04. The van der Waals surface area contributed by atoms with Gasteiger partial charge in [0.25, 0.3) is 0 Å². The van der Waals surface area contributed by atoms with Gasteiger partial charge in [-0.05, 0) is 18.9 Å². The maximum Gasteiger partial charge on any atom is 0.339 e. The Morgan fingerprint density at radius 2 is 2.12 bits per heavy atom. The number of rotatable bonds is 7. The van der Waals surface area contributed by atoms with Crippen LogP contribution in [0.4, 0.5) is 0 Å². The molecule has 1 unspecified atom stereocenters. The SMILES string of the molecule is C=CCCOC(C(=O)OCC)c1ccccc1. The molecule has 0 fully saturated rings. The lowest BCUT2D eigenvalue weighted by molar-refractivity contribution is -0.157. The fourth-order valence-electron chi connectivity index (χ4n) is 1.42. The Bertz CT molecular complexity index is 346. The summed E-state index contributed by atoms with van der Waals surface area (Å²) in [6.07, 6.45) is 1.83. The fourth-order valence-corrected chi connectivity index (χ4v) is 1.42. The molecule has 0 saturated carbocycles. The summed E-state index contributed by atoms with van der Waals surface area (Å²) in [7, 11) is 0. The van der Waals surface area contributed by atoms with Crippen LogP contribution in [-0.4, -0.2) is 19.2 Å². The van der Waals surface area contributed by atoms with Crippen molar-refractivity contribution >= 4 is 5.97 Å². The first-order valence-electron chi connectivity index (χ1n) is 5.73. The fraction of sp³-hybridized carbons (Fsp3) is 0.357. The maximum absolute atomic E-state index is 11.8. The molecule has 92 valence electrons. The normalized spacial score (nSPS) is 11.8. The molecular formula is C14H18O3. The summed E-state index contributed by atoms with van der Waals surface area (Å²) in [5.74, 6) is -0.345. The zero-order valence-electron chi connectivity index (χ0n) is 10.1. The Labute approximate surface area is 102 Å². The van der Waals surface area contributed by atoms with E-state index in [-0.39, 0.29) is 5.97 Å². The molecule has 1 rings (SSSR count). The Hall–Kier alpha value is -1.61. The van der Waals surface area contributed by atoms with Crippen LogP contribution in [0.3, 0.4) is 0 Å². The van der Waals surface area contributed by atoms with Crippen molar-refractivity contribution < 1.29 is 14.3 Å². The van der Waals surface area contributed by atoms with Crippen LogP contribution in [0, 0.1) is 0 Å². The average Bonchev–Trinajstić information content (AvgIpc) is 2.36. The van der Waals surface area contributed by atoms with E-state index in [1.165, 1.54) is 0 Å². The number of carbonyl (C=O) groups is 1. The molecular weight excluding hydrogens is 216 g/mol. The second-order valence-electron chi connectivity index (χ2n) is 3.49. The summed E-state index contributed by atoms with van der Waals surface area (Å²) >= 11 is 0. The molecule has 0 spiro atoms. The summed E-state index contributed by atoms with van der Waals surface area (Å²) in [6.45, 7) is 6.21. The van der Waals surface area contributed by atoms with E-state index < -0.39 is 6.10 Å². The highest BCUT2D eigenvalue weighted by Gasteiger charge is 2.21. The van der Waals surface area contributed by atoms with Gasteiger partial charge < -0.3 is 9.47 Å². The smallest absolute Gasteiger partial charge is 0.339 e. The molecule has 0 aromatic heterocycles. The summed E-state index contributed by atoms with van der Waals surface area (Å²) in [6, 6.07) is 9.36. The van der Waals surface area contributed by atoms with Crippen molar-refractivity contribution in [3.63, 3.8) is 0 Å². The van der Waals surface area contributed by atoms with Crippen LogP contribution in [0.5, 0.6) is 0 Å². The third-order valence-corrected chi connectivity index (χ3v) is 2.21. The largest absolute Gasteiger partial charge is 0.464 e. The van der Waals surface area contributed by atoms with Gasteiger partial charge >= 0.3 is 5.97 Å². The van der Waals surface area contributed by atoms with Gasteiger partial charge in [0.2, 0.25) is 0 Å². The van der Waals surface area contributed by atoms with E-state index in [9.17, 15) is 4.79 Å². The third-order valence-electron chi connectivity index (χ3n) is 2.21. The van der Waals surface area contributed by atoms with E-state index in [1.54, 1.807) is 13.0 Å². The van der Waals surface area contributed by atoms with Crippen molar-refractivity contribution in [1.82, 2.24) is 0 Å². The number of esters is 1. The second kappa shape index (κ2) is 7.63. The van der Waals surface area contributed by atoms with Crippen molar-refractivity contribution in [2.45, 2.75) is 19.4 Å². The van der Waals surface area contributed by atoms with Gasteiger partial charge in [0, 0.05) is 0 Å². The van der Waals surface area contributed by atoms with E-state index in [1.807, 2.05) is 30.3 Å². The van der Waals surface area contributed by atoms with Crippen LogP contribution >= 0.6 is 0 Å². The Morgan fingerprint density at radius 1 is 1.41 bits per heavy atom. The van der Waals surface area contributed by atoms with Crippen molar-refractivity contribution in [3.8, 4) is 0 Å². The van der Waals surface area contributed by atoms with Gasteiger partial charge in [-0.1, -0.05) is 36.4 Å². The van der Waals surface area contributed by atoms with Gasteiger partial charge in [0.05, 0.1) is 13.2 Å². The lowest BCUT2D eigenvalue weighted by Gasteiger charge is -2.16. The molecule has 0 bridgehead atoms. The number of hydrogen-bond donors (Lipinski definition) is 0. The molecule has 0 aliphatic heterocycles. The minimum Gasteiger partial charge on any atom is -0.464 e. The first-order valence-corrected chi connectivity index (χ1v) is 5.73. The van der Waals surface area contributed by atoms with E-state index >= 15 is 0 Å². The van der Waals surface area contributed by atoms with E-state index in [2.05, 4.69) is 6.58 Å². The molecule has 1 aromatic rings. The molecule has 0 amide bonds. The van der Waals surface area contributed by atoms with Gasteiger partial charge in [-0.15, -0.1) is 6.58 Å². The number of ether oxygens (including phenoxy) is 2. The average molecular weight is 234 g/mol. The van der Waals surface area contributed by atoms with Gasteiger partial charge in [0.1, 0.15) is 0 Å². The van der Waals surface area contributed by atoms with E-state index in [0.717, 1.165) is 5.56 Å². The van der Waals surface area contributed by atoms with Crippen molar-refractivity contribution in [1.29, 1.82) is 0 Å². The van der Waals surface area contributed by atoms with Crippen LogP contribution in [-0.2, 0) is 14.3 Å². The molecule has 0 saturated heterocycles. The lowest BCUT2D eigenvalue weighted by atomic mass is 10.1. The minimum atomic E-state index is -0.643. The van der Waals surface area contributed by atoms with Crippen LogP contribution in [0.1, 0.15) is 25.0 Å². The molecule has 3 nitrogen and oxygen atoms in total. The molecule has 3 heteroatoms. The molecule has 0 N–H and O–H groups in total. The Balaban J connectivity index is 2.71. The standard InChI is InChI=1S/C14H18O3/c1-3-5-11-17-13(14(15)16-4-2)12-9-7-6-8-10-12/h3,6-10,13H,1,4-5,11H2,2H3. The monoisotopic (exact) mass is 234 g/mol. The third kappa shape index (κ3) is 4.41. The van der Waals surface area contributed by atoms with Gasteiger partial charge in [-0.25, -0.2) is 4.79 Å². The lowest BCUT2D eigenvalue weighted by Crippen LogP contribution is -2.19. The predicted octanol–water partition coefficient (Wildman–Crippen LogP) is 2.88. The second-order valence-corrected chi connectivity index (χ2v) is 3.49. The molecule has 17 heavy (non-hydrogen) atoms. The van der Waals surface area contributed by atoms with Crippen molar-refractivity contribution in [3.05, 3.63) is 48.6 Å². The number of benzene rings is 1. The minimum absolute atomic E-state index is 0.345. The number of carbonyl (C=O) groups excluding carboxylic acids is 1. The zero-order chi connectivity index (χ0) is 12.5. The summed E-state index contributed by atoms with van der Waals surface area (Å²) < 4.78 is 10.5. The van der Waals surface area contributed by atoms with Crippen LogP contribution in [0.2, 0.25) is 0 Å². The molecule has 0 radical (unpaired) electrons. The first kappa shape index (κ1) is 13.5. The Morgan fingerprint density at radius 3 is 2.71 bits per heavy atom. The number of hydrogen-bond acceptors (Lipinski definition) is 3. The maximum atomic E-state index is 11.8. The predicted molar refractivity (Wildman–Crippen MR) is 66.6 cm³/mol. The summed E-state index contributed by atoms with van der Waals surface area (Å²) in [5, 5.41) is 0. The summed E-state index contributed by atoms with van der Waals surface area (Å²) in [4.78, 5) is 11.8.